The lowest BCUT2D eigenvalue weighted by Crippen LogP contribution is -2.49. The summed E-state index contributed by atoms with van der Waals surface area (Å²) in [5.74, 6) is 1.11. The molecule has 37 heavy (non-hydrogen) atoms. The lowest BCUT2D eigenvalue weighted by molar-refractivity contribution is -0.137. The van der Waals surface area contributed by atoms with Crippen molar-refractivity contribution < 1.29 is 27.4 Å². The number of benzene rings is 2. The second-order valence-corrected chi connectivity index (χ2v) is 12.1. The molecule has 0 saturated carbocycles. The van der Waals surface area contributed by atoms with E-state index < -0.39 is 17.3 Å². The number of alkyl halides is 3. The van der Waals surface area contributed by atoms with Crippen molar-refractivity contribution in [3.05, 3.63) is 41.0 Å². The van der Waals surface area contributed by atoms with E-state index in [1.54, 1.807) is 22.7 Å². The van der Waals surface area contributed by atoms with Crippen LogP contribution in [0.3, 0.4) is 0 Å². The first-order chi connectivity index (χ1) is 17.4. The lowest BCUT2D eigenvalue weighted by Gasteiger charge is -2.39. The zero-order chi connectivity index (χ0) is 26.7. The molecule has 0 aliphatic carbocycles. The molecular weight excluding hydrogens is 501 g/mol. The van der Waals surface area contributed by atoms with Crippen LogP contribution in [0.1, 0.15) is 56.2 Å². The zero-order valence-electron chi connectivity index (χ0n) is 21.9. The van der Waals surface area contributed by atoms with Crippen LogP contribution in [0.25, 0.3) is 11.1 Å². The number of piperidine rings is 1. The molecule has 3 heterocycles. The van der Waals surface area contributed by atoms with Crippen LogP contribution in [0.5, 0.6) is 5.75 Å². The first-order valence-electron chi connectivity index (χ1n) is 12.7. The quantitative estimate of drug-likeness (QED) is 0.411. The number of nitrogens with zero attached hydrogens (tertiary/aromatic N) is 2. The minimum atomic E-state index is -4.52. The first kappa shape index (κ1) is 26.1. The standard InChI is InChI=1S/C28H33F3N2O3S/c1-16-19(18-8-7-17(35-5)13-22(18)28(29,30)31)14-20-21-15-32(26(34)36-27(2,3)4)11-9-23(21)33-10-6-12-37-25(16)24(20)33/h7-8,13-14,21,23H,6,9-12,15H2,1-5H3/t21-,23-/m0/s1. The maximum atomic E-state index is 14.2. The second kappa shape index (κ2) is 9.33. The van der Waals surface area contributed by atoms with Gasteiger partial charge in [-0.05, 0) is 86.7 Å². The van der Waals surface area contributed by atoms with E-state index in [1.165, 1.54) is 13.2 Å². The van der Waals surface area contributed by atoms with Crippen molar-refractivity contribution in [3.8, 4) is 16.9 Å². The molecule has 0 spiro atoms. The highest BCUT2D eigenvalue weighted by Crippen LogP contribution is 2.54. The third-order valence-electron chi connectivity index (χ3n) is 7.46. The number of fused-ring (bicyclic) bond motifs is 3. The van der Waals surface area contributed by atoms with Gasteiger partial charge in [0.05, 0.1) is 18.4 Å². The van der Waals surface area contributed by atoms with Gasteiger partial charge in [-0.3, -0.25) is 0 Å². The molecule has 3 aliphatic rings. The van der Waals surface area contributed by atoms with Crippen molar-refractivity contribution in [2.75, 3.05) is 37.4 Å². The number of likely N-dealkylation sites (tertiary alicyclic amines) is 1. The van der Waals surface area contributed by atoms with Gasteiger partial charge in [-0.25, -0.2) is 4.79 Å². The summed E-state index contributed by atoms with van der Waals surface area (Å²) >= 11 is 1.73. The van der Waals surface area contributed by atoms with Gasteiger partial charge in [-0.2, -0.15) is 13.2 Å². The van der Waals surface area contributed by atoms with Crippen LogP contribution in [-0.4, -0.2) is 55.1 Å². The molecule has 3 aliphatic heterocycles. The molecular formula is C28H33F3N2O3S. The Bertz CT molecular complexity index is 1220. The fourth-order valence-electron chi connectivity index (χ4n) is 5.88. The zero-order valence-corrected chi connectivity index (χ0v) is 22.7. The average Bonchev–Trinajstić information content (AvgIpc) is 2.97. The van der Waals surface area contributed by atoms with Crippen LogP contribution >= 0.6 is 11.8 Å². The van der Waals surface area contributed by atoms with E-state index in [9.17, 15) is 18.0 Å². The molecule has 0 N–H and O–H groups in total. The van der Waals surface area contributed by atoms with Crippen molar-refractivity contribution >= 4 is 23.5 Å². The number of carbonyl (C=O) groups is 1. The molecule has 5 rings (SSSR count). The Hall–Kier alpha value is -2.55. The summed E-state index contributed by atoms with van der Waals surface area (Å²) in [5.41, 5.74) is 2.50. The van der Waals surface area contributed by atoms with E-state index in [-0.39, 0.29) is 29.4 Å². The van der Waals surface area contributed by atoms with Gasteiger partial charge in [-0.15, -0.1) is 11.8 Å². The highest BCUT2D eigenvalue weighted by molar-refractivity contribution is 7.99. The number of anilines is 1. The van der Waals surface area contributed by atoms with Crippen LogP contribution < -0.4 is 9.64 Å². The van der Waals surface area contributed by atoms with Gasteiger partial charge in [0.25, 0.3) is 0 Å². The SMILES string of the molecule is COc1ccc(-c2cc3c4c(c2C)SCCCN4[C@H]2CCN(C(=O)OC(C)(C)C)C[C@@H]32)c(C(F)(F)F)c1. The predicted octanol–water partition coefficient (Wildman–Crippen LogP) is 7.10. The van der Waals surface area contributed by atoms with Crippen molar-refractivity contribution in [2.24, 2.45) is 0 Å². The van der Waals surface area contributed by atoms with Gasteiger partial charge in [0.1, 0.15) is 11.4 Å². The molecule has 2 atom stereocenters. The third-order valence-corrected chi connectivity index (χ3v) is 8.74. The number of hydrogen-bond donors (Lipinski definition) is 0. The maximum absolute atomic E-state index is 14.2. The average molecular weight is 535 g/mol. The summed E-state index contributed by atoms with van der Waals surface area (Å²) in [4.78, 5) is 18.2. The Morgan fingerprint density at radius 1 is 1.11 bits per heavy atom. The van der Waals surface area contributed by atoms with Crippen molar-refractivity contribution in [1.82, 2.24) is 4.90 Å². The van der Waals surface area contributed by atoms with Crippen molar-refractivity contribution in [3.63, 3.8) is 0 Å². The second-order valence-electron chi connectivity index (χ2n) is 11.0. The Balaban J connectivity index is 1.63. The Morgan fingerprint density at radius 3 is 2.54 bits per heavy atom. The molecule has 1 fully saturated rings. The van der Waals surface area contributed by atoms with E-state index in [0.717, 1.165) is 52.9 Å². The number of rotatable bonds is 2. The van der Waals surface area contributed by atoms with Crippen molar-refractivity contribution in [1.29, 1.82) is 0 Å². The van der Waals surface area contributed by atoms with Crippen LogP contribution in [0.4, 0.5) is 23.7 Å². The largest absolute Gasteiger partial charge is 0.497 e. The van der Waals surface area contributed by atoms with E-state index in [1.807, 2.05) is 33.8 Å². The number of thioether (sulfide) groups is 1. The number of hydrogen-bond acceptors (Lipinski definition) is 5. The van der Waals surface area contributed by atoms with E-state index in [2.05, 4.69) is 4.90 Å². The monoisotopic (exact) mass is 534 g/mol. The van der Waals surface area contributed by atoms with E-state index in [4.69, 9.17) is 9.47 Å². The lowest BCUT2D eigenvalue weighted by atomic mass is 9.86. The highest BCUT2D eigenvalue weighted by Gasteiger charge is 2.46. The molecule has 5 nitrogen and oxygen atoms in total. The Labute approximate surface area is 220 Å². The van der Waals surface area contributed by atoms with Gasteiger partial charge in [0.2, 0.25) is 0 Å². The number of ether oxygens (including phenoxy) is 2. The fraction of sp³-hybridized carbons (Fsp3) is 0.536. The molecule has 200 valence electrons. The number of amides is 1. The highest BCUT2D eigenvalue weighted by atomic mass is 32.2. The molecule has 1 saturated heterocycles. The van der Waals surface area contributed by atoms with Crippen LogP contribution in [-0.2, 0) is 10.9 Å². The van der Waals surface area contributed by atoms with Gasteiger partial charge in [0, 0.05) is 36.5 Å². The molecule has 1 amide bonds. The van der Waals surface area contributed by atoms with Gasteiger partial charge in [-0.1, -0.05) is 6.07 Å². The predicted molar refractivity (Wildman–Crippen MR) is 140 cm³/mol. The number of halogens is 3. The molecule has 0 bridgehead atoms. The summed E-state index contributed by atoms with van der Waals surface area (Å²) in [6.45, 7) is 9.48. The fourth-order valence-corrected chi connectivity index (χ4v) is 7.06. The minimum absolute atomic E-state index is 0.0145. The normalized spacial score (nSPS) is 21.3. The molecule has 0 radical (unpaired) electrons. The first-order valence-corrected chi connectivity index (χ1v) is 13.7. The van der Waals surface area contributed by atoms with Gasteiger partial charge in [0.15, 0.2) is 0 Å². The maximum Gasteiger partial charge on any atom is 0.417 e. The van der Waals surface area contributed by atoms with Crippen LogP contribution in [0, 0.1) is 6.92 Å². The minimum Gasteiger partial charge on any atom is -0.497 e. The van der Waals surface area contributed by atoms with Gasteiger partial charge >= 0.3 is 12.3 Å². The van der Waals surface area contributed by atoms with E-state index in [0.29, 0.717) is 18.7 Å². The third kappa shape index (κ3) is 4.75. The summed E-state index contributed by atoms with van der Waals surface area (Å²) in [7, 11) is 1.37. The topological polar surface area (TPSA) is 42.0 Å². The van der Waals surface area contributed by atoms with Gasteiger partial charge < -0.3 is 19.3 Å². The molecule has 0 unspecified atom stereocenters. The van der Waals surface area contributed by atoms with Crippen molar-refractivity contribution in [2.45, 2.75) is 69.2 Å². The Morgan fingerprint density at radius 2 is 1.86 bits per heavy atom. The summed E-state index contributed by atoms with van der Waals surface area (Å²) in [5, 5.41) is 0. The summed E-state index contributed by atoms with van der Waals surface area (Å²) < 4.78 is 53.3. The number of methoxy groups -OCH3 is 1. The smallest absolute Gasteiger partial charge is 0.417 e. The summed E-state index contributed by atoms with van der Waals surface area (Å²) in [6.07, 6.45) is -3.06. The molecule has 0 aromatic heterocycles. The van der Waals surface area contributed by atoms with Crippen LogP contribution in [0.15, 0.2) is 29.2 Å². The number of carbonyl (C=O) groups excluding carboxylic acids is 1. The molecule has 9 heteroatoms. The van der Waals surface area contributed by atoms with Crippen LogP contribution in [0.2, 0.25) is 0 Å². The molecule has 2 aromatic carbocycles. The Kier molecular flexibility index (Phi) is 6.57. The summed E-state index contributed by atoms with van der Waals surface area (Å²) in [6, 6.07) is 6.35. The molecule has 2 aromatic rings. The van der Waals surface area contributed by atoms with E-state index >= 15 is 0 Å².